The third kappa shape index (κ3) is 4.18. The normalized spacial score (nSPS) is 15.2. The molecule has 0 saturated carbocycles. The Labute approximate surface area is 103 Å². The lowest BCUT2D eigenvalue weighted by Crippen LogP contribution is -2.31. The zero-order chi connectivity index (χ0) is 11.3. The molecule has 0 aliphatic heterocycles. The predicted molar refractivity (Wildman–Crippen MR) is 67.1 cm³/mol. The van der Waals surface area contributed by atoms with Gasteiger partial charge in [-0.3, -0.25) is 0 Å². The molecule has 3 nitrogen and oxygen atoms in total. The minimum Gasteiger partial charge on any atom is -0.396 e. The Balaban J connectivity index is 2.50. The van der Waals surface area contributed by atoms with Gasteiger partial charge in [-0.15, -0.1) is 11.3 Å². The Hall–Kier alpha value is 0.0300. The summed E-state index contributed by atoms with van der Waals surface area (Å²) >= 11 is 5.05. The van der Waals surface area contributed by atoms with Crippen LogP contribution in [0, 0.1) is 0 Å². The molecule has 15 heavy (non-hydrogen) atoms. The van der Waals surface area contributed by atoms with Crippen molar-refractivity contribution in [3.63, 3.8) is 0 Å². The smallest absolute Gasteiger partial charge is 0.110 e. The second-order valence-corrected chi connectivity index (χ2v) is 5.95. The van der Waals surface area contributed by atoms with Crippen molar-refractivity contribution < 1.29 is 5.11 Å². The molecule has 0 fully saturated rings. The molecule has 0 spiro atoms. The van der Waals surface area contributed by atoms with E-state index in [-0.39, 0.29) is 12.6 Å². The fraction of sp³-hybridized carbons (Fsp3) is 0.700. The first-order chi connectivity index (χ1) is 7.17. The van der Waals surface area contributed by atoms with E-state index in [2.05, 4.69) is 40.1 Å². The van der Waals surface area contributed by atoms with Crippen LogP contribution in [-0.2, 0) is 0 Å². The summed E-state index contributed by atoms with van der Waals surface area (Å²) in [5.41, 5.74) is 0. The van der Waals surface area contributed by atoms with Crippen LogP contribution in [0.15, 0.2) is 9.98 Å². The number of aliphatic hydroxyl groups excluding tert-OH is 1. The van der Waals surface area contributed by atoms with Gasteiger partial charge in [0.2, 0.25) is 0 Å². The summed E-state index contributed by atoms with van der Waals surface area (Å²) in [5.74, 6) is 0. The van der Waals surface area contributed by atoms with E-state index in [1.165, 1.54) is 0 Å². The third-order valence-corrected chi connectivity index (χ3v) is 3.98. The van der Waals surface area contributed by atoms with Gasteiger partial charge in [-0.2, -0.15) is 0 Å². The lowest BCUT2D eigenvalue weighted by molar-refractivity contribution is 0.257. The molecule has 0 radical (unpaired) electrons. The number of nitrogens with zero attached hydrogens (tertiary/aromatic N) is 1. The van der Waals surface area contributed by atoms with E-state index in [4.69, 9.17) is 5.11 Å². The third-order valence-electron chi connectivity index (χ3n) is 2.32. The van der Waals surface area contributed by atoms with Crippen molar-refractivity contribution in [2.24, 2.45) is 0 Å². The highest BCUT2D eigenvalue weighted by Gasteiger charge is 2.13. The Morgan fingerprint density at radius 1 is 1.67 bits per heavy atom. The van der Waals surface area contributed by atoms with Crippen LogP contribution >= 0.6 is 27.3 Å². The molecular weight excluding hydrogens is 276 g/mol. The summed E-state index contributed by atoms with van der Waals surface area (Å²) in [4.78, 5) is 4.31. The van der Waals surface area contributed by atoms with Crippen LogP contribution in [0.2, 0.25) is 0 Å². The Morgan fingerprint density at radius 2 is 2.40 bits per heavy atom. The van der Waals surface area contributed by atoms with Crippen LogP contribution < -0.4 is 5.32 Å². The van der Waals surface area contributed by atoms with Gasteiger partial charge in [-0.1, -0.05) is 6.92 Å². The number of rotatable bonds is 6. The van der Waals surface area contributed by atoms with E-state index in [1.807, 2.05) is 6.20 Å². The average molecular weight is 293 g/mol. The Bertz CT molecular complexity index is 293. The SMILES string of the molecule is CCC(CCO)NC(C)c1ncc(Br)s1. The van der Waals surface area contributed by atoms with E-state index in [1.54, 1.807) is 11.3 Å². The first kappa shape index (κ1) is 13.1. The first-order valence-corrected chi connectivity index (χ1v) is 6.76. The summed E-state index contributed by atoms with van der Waals surface area (Å²) in [5, 5.41) is 13.4. The van der Waals surface area contributed by atoms with Crippen molar-refractivity contribution in [3.8, 4) is 0 Å². The summed E-state index contributed by atoms with van der Waals surface area (Å²) in [6.45, 7) is 4.46. The zero-order valence-corrected chi connectivity index (χ0v) is 11.4. The zero-order valence-electron chi connectivity index (χ0n) is 9.03. The molecule has 86 valence electrons. The fourth-order valence-corrected chi connectivity index (χ4v) is 2.71. The van der Waals surface area contributed by atoms with Gasteiger partial charge in [0.15, 0.2) is 0 Å². The van der Waals surface area contributed by atoms with Gasteiger partial charge in [-0.05, 0) is 35.7 Å². The van der Waals surface area contributed by atoms with E-state index in [9.17, 15) is 0 Å². The highest BCUT2D eigenvalue weighted by Crippen LogP contribution is 2.24. The largest absolute Gasteiger partial charge is 0.396 e. The second-order valence-electron chi connectivity index (χ2n) is 3.51. The van der Waals surface area contributed by atoms with Crippen LogP contribution in [0.4, 0.5) is 0 Å². The lowest BCUT2D eigenvalue weighted by atomic mass is 10.1. The molecule has 0 bridgehead atoms. The van der Waals surface area contributed by atoms with Crippen LogP contribution in [0.25, 0.3) is 0 Å². The molecule has 2 N–H and O–H groups in total. The molecule has 0 amide bonds. The standard InChI is InChI=1S/C10H17BrN2OS/c1-3-8(4-5-14)13-7(2)10-12-6-9(11)15-10/h6-8,13-14H,3-5H2,1-2H3. The fourth-order valence-electron chi connectivity index (χ4n) is 1.45. The van der Waals surface area contributed by atoms with Gasteiger partial charge >= 0.3 is 0 Å². The molecule has 0 saturated heterocycles. The summed E-state index contributed by atoms with van der Waals surface area (Å²) in [7, 11) is 0. The molecule has 0 aliphatic rings. The molecule has 2 unspecified atom stereocenters. The minimum atomic E-state index is 0.236. The molecule has 0 aliphatic carbocycles. The van der Waals surface area contributed by atoms with E-state index >= 15 is 0 Å². The van der Waals surface area contributed by atoms with Gasteiger partial charge in [0.05, 0.1) is 16.0 Å². The molecule has 5 heteroatoms. The van der Waals surface area contributed by atoms with E-state index in [0.29, 0.717) is 6.04 Å². The van der Waals surface area contributed by atoms with Crippen molar-refractivity contribution in [3.05, 3.63) is 15.0 Å². The van der Waals surface area contributed by atoms with Crippen molar-refractivity contribution in [1.82, 2.24) is 10.3 Å². The number of aliphatic hydroxyl groups is 1. The second kappa shape index (κ2) is 6.58. The van der Waals surface area contributed by atoms with E-state index < -0.39 is 0 Å². The highest BCUT2D eigenvalue weighted by atomic mass is 79.9. The number of thiazole rings is 1. The topological polar surface area (TPSA) is 45.1 Å². The first-order valence-electron chi connectivity index (χ1n) is 5.15. The van der Waals surface area contributed by atoms with Gasteiger partial charge in [0, 0.05) is 12.6 Å². The minimum absolute atomic E-state index is 0.236. The van der Waals surface area contributed by atoms with Gasteiger partial charge in [0.25, 0.3) is 0 Å². The van der Waals surface area contributed by atoms with Gasteiger partial charge < -0.3 is 10.4 Å². The molecule has 0 aromatic carbocycles. The monoisotopic (exact) mass is 292 g/mol. The number of nitrogens with one attached hydrogen (secondary N) is 1. The average Bonchev–Trinajstić information content (AvgIpc) is 2.64. The Kier molecular flexibility index (Phi) is 5.74. The van der Waals surface area contributed by atoms with Crippen molar-refractivity contribution in [2.75, 3.05) is 6.61 Å². The predicted octanol–water partition coefficient (Wildman–Crippen LogP) is 2.72. The molecule has 1 rings (SSSR count). The van der Waals surface area contributed by atoms with Gasteiger partial charge in [0.1, 0.15) is 5.01 Å². The number of hydrogen-bond acceptors (Lipinski definition) is 4. The van der Waals surface area contributed by atoms with Gasteiger partial charge in [-0.25, -0.2) is 4.98 Å². The van der Waals surface area contributed by atoms with Crippen LogP contribution in [0.5, 0.6) is 0 Å². The van der Waals surface area contributed by atoms with E-state index in [0.717, 1.165) is 21.6 Å². The Morgan fingerprint density at radius 3 is 2.87 bits per heavy atom. The summed E-state index contributed by atoms with van der Waals surface area (Å²) in [6, 6.07) is 0.616. The molecule has 2 atom stereocenters. The maximum absolute atomic E-state index is 8.89. The number of aromatic nitrogens is 1. The van der Waals surface area contributed by atoms with Crippen molar-refractivity contribution in [1.29, 1.82) is 0 Å². The maximum atomic E-state index is 8.89. The lowest BCUT2D eigenvalue weighted by Gasteiger charge is -2.19. The quantitative estimate of drug-likeness (QED) is 0.847. The summed E-state index contributed by atoms with van der Waals surface area (Å²) in [6.07, 6.45) is 3.65. The molecule has 1 aromatic rings. The maximum Gasteiger partial charge on any atom is 0.110 e. The van der Waals surface area contributed by atoms with Crippen LogP contribution in [0.1, 0.15) is 37.7 Å². The molecule has 1 aromatic heterocycles. The summed E-state index contributed by atoms with van der Waals surface area (Å²) < 4.78 is 1.06. The molecule has 1 heterocycles. The number of halogens is 1. The highest BCUT2D eigenvalue weighted by molar-refractivity contribution is 9.11. The van der Waals surface area contributed by atoms with Crippen LogP contribution in [0.3, 0.4) is 0 Å². The molecular formula is C10H17BrN2OS. The van der Waals surface area contributed by atoms with Crippen molar-refractivity contribution >= 4 is 27.3 Å². The van der Waals surface area contributed by atoms with Crippen molar-refractivity contribution in [2.45, 2.75) is 38.8 Å². The number of hydrogen-bond donors (Lipinski definition) is 2. The van der Waals surface area contributed by atoms with Crippen LogP contribution in [-0.4, -0.2) is 22.7 Å².